The first kappa shape index (κ1) is 16.1. The number of rotatable bonds is 5. The molecule has 0 bridgehead atoms. The number of hydrogen-bond donors (Lipinski definition) is 1. The van der Waals surface area contributed by atoms with Gasteiger partial charge < -0.3 is 5.32 Å². The lowest BCUT2D eigenvalue weighted by Gasteiger charge is -2.20. The summed E-state index contributed by atoms with van der Waals surface area (Å²) in [6.07, 6.45) is 1.10. The van der Waals surface area contributed by atoms with E-state index in [2.05, 4.69) is 55.6 Å². The molecule has 0 aliphatic heterocycles. The molecule has 0 aliphatic rings. The molecule has 0 amide bonds. The SMILES string of the molecule is CNC(c1cccc(CC(C)C)c1)c1cccc(C)c1Cl. The Morgan fingerprint density at radius 2 is 1.81 bits per heavy atom. The molecule has 1 nitrogen and oxygen atoms in total. The largest absolute Gasteiger partial charge is 0.309 e. The molecule has 0 radical (unpaired) electrons. The van der Waals surface area contributed by atoms with Crippen LogP contribution in [-0.2, 0) is 6.42 Å². The van der Waals surface area contributed by atoms with E-state index in [-0.39, 0.29) is 6.04 Å². The molecule has 2 aromatic rings. The van der Waals surface area contributed by atoms with Crippen molar-refractivity contribution in [3.8, 4) is 0 Å². The molecule has 0 fully saturated rings. The lowest BCUT2D eigenvalue weighted by Crippen LogP contribution is -2.18. The number of aryl methyl sites for hydroxylation is 1. The van der Waals surface area contributed by atoms with Gasteiger partial charge in [-0.25, -0.2) is 0 Å². The Morgan fingerprint density at radius 3 is 2.48 bits per heavy atom. The van der Waals surface area contributed by atoms with E-state index in [4.69, 9.17) is 11.6 Å². The molecule has 2 heteroatoms. The van der Waals surface area contributed by atoms with E-state index in [0.29, 0.717) is 5.92 Å². The van der Waals surface area contributed by atoms with Gasteiger partial charge >= 0.3 is 0 Å². The van der Waals surface area contributed by atoms with E-state index in [1.165, 1.54) is 11.1 Å². The third-order valence-electron chi connectivity index (χ3n) is 3.75. The third-order valence-corrected chi connectivity index (χ3v) is 4.27. The zero-order valence-electron chi connectivity index (χ0n) is 13.3. The maximum Gasteiger partial charge on any atom is 0.0589 e. The van der Waals surface area contributed by atoms with Crippen LogP contribution >= 0.6 is 11.6 Å². The Balaban J connectivity index is 2.39. The van der Waals surface area contributed by atoms with Crippen LogP contribution in [0.1, 0.15) is 42.1 Å². The van der Waals surface area contributed by atoms with Crippen LogP contribution in [0.2, 0.25) is 5.02 Å². The summed E-state index contributed by atoms with van der Waals surface area (Å²) in [5.74, 6) is 0.663. The van der Waals surface area contributed by atoms with Crippen molar-refractivity contribution in [1.29, 1.82) is 0 Å². The second kappa shape index (κ2) is 7.11. The normalized spacial score (nSPS) is 12.7. The van der Waals surface area contributed by atoms with Crippen molar-refractivity contribution in [3.63, 3.8) is 0 Å². The predicted molar refractivity (Wildman–Crippen MR) is 92.1 cm³/mol. The van der Waals surface area contributed by atoms with Crippen LogP contribution in [0.5, 0.6) is 0 Å². The Labute approximate surface area is 133 Å². The van der Waals surface area contributed by atoms with Crippen LogP contribution in [0.4, 0.5) is 0 Å². The Morgan fingerprint density at radius 1 is 1.10 bits per heavy atom. The summed E-state index contributed by atoms with van der Waals surface area (Å²) in [6, 6.07) is 15.2. The lowest BCUT2D eigenvalue weighted by atomic mass is 9.94. The van der Waals surface area contributed by atoms with Crippen LogP contribution in [0.25, 0.3) is 0 Å². The number of halogens is 1. The highest BCUT2D eigenvalue weighted by Gasteiger charge is 2.16. The summed E-state index contributed by atoms with van der Waals surface area (Å²) >= 11 is 6.50. The fourth-order valence-corrected chi connectivity index (χ4v) is 3.00. The van der Waals surface area contributed by atoms with E-state index in [1.807, 2.05) is 20.0 Å². The zero-order valence-corrected chi connectivity index (χ0v) is 14.0. The molecular weight excluding hydrogens is 278 g/mol. The van der Waals surface area contributed by atoms with Crippen molar-refractivity contribution < 1.29 is 0 Å². The maximum absolute atomic E-state index is 6.50. The average molecular weight is 302 g/mol. The molecule has 0 aromatic heterocycles. The summed E-state index contributed by atoms with van der Waals surface area (Å²) in [5, 5.41) is 4.25. The van der Waals surface area contributed by atoms with Gasteiger partial charge in [-0.05, 0) is 48.6 Å². The van der Waals surface area contributed by atoms with E-state index >= 15 is 0 Å². The van der Waals surface area contributed by atoms with Gasteiger partial charge in [-0.15, -0.1) is 0 Å². The van der Waals surface area contributed by atoms with Gasteiger partial charge in [-0.3, -0.25) is 0 Å². The van der Waals surface area contributed by atoms with Crippen molar-refractivity contribution in [1.82, 2.24) is 5.32 Å². The van der Waals surface area contributed by atoms with Crippen LogP contribution < -0.4 is 5.32 Å². The van der Waals surface area contributed by atoms with Crippen molar-refractivity contribution in [2.45, 2.75) is 33.2 Å². The van der Waals surface area contributed by atoms with Gasteiger partial charge in [0, 0.05) is 5.02 Å². The average Bonchev–Trinajstić information content (AvgIpc) is 2.44. The lowest BCUT2D eigenvalue weighted by molar-refractivity contribution is 0.643. The summed E-state index contributed by atoms with van der Waals surface area (Å²) in [6.45, 7) is 6.55. The van der Waals surface area contributed by atoms with Crippen LogP contribution in [-0.4, -0.2) is 7.05 Å². The fourth-order valence-electron chi connectivity index (χ4n) is 2.77. The van der Waals surface area contributed by atoms with E-state index in [0.717, 1.165) is 22.6 Å². The van der Waals surface area contributed by atoms with E-state index in [1.54, 1.807) is 0 Å². The quantitative estimate of drug-likeness (QED) is 0.804. The molecule has 2 aromatic carbocycles. The third kappa shape index (κ3) is 3.87. The van der Waals surface area contributed by atoms with Crippen LogP contribution in [0.15, 0.2) is 42.5 Å². The smallest absolute Gasteiger partial charge is 0.0589 e. The zero-order chi connectivity index (χ0) is 15.4. The van der Waals surface area contributed by atoms with Crippen LogP contribution in [0.3, 0.4) is 0 Å². The van der Waals surface area contributed by atoms with Gasteiger partial charge in [0.1, 0.15) is 0 Å². The van der Waals surface area contributed by atoms with Gasteiger partial charge in [-0.2, -0.15) is 0 Å². The summed E-state index contributed by atoms with van der Waals surface area (Å²) < 4.78 is 0. The second-order valence-corrected chi connectivity index (χ2v) is 6.42. The van der Waals surface area contributed by atoms with Crippen molar-refractivity contribution in [2.75, 3.05) is 7.05 Å². The molecule has 0 saturated heterocycles. The van der Waals surface area contributed by atoms with Gasteiger partial charge in [0.2, 0.25) is 0 Å². The second-order valence-electron chi connectivity index (χ2n) is 6.04. The summed E-state index contributed by atoms with van der Waals surface area (Å²) in [4.78, 5) is 0. The Kier molecular flexibility index (Phi) is 5.44. The first-order valence-electron chi connectivity index (χ1n) is 7.54. The summed E-state index contributed by atoms with van der Waals surface area (Å²) in [7, 11) is 1.98. The molecule has 0 heterocycles. The van der Waals surface area contributed by atoms with Gasteiger partial charge in [0.25, 0.3) is 0 Å². The summed E-state index contributed by atoms with van der Waals surface area (Å²) in [5.41, 5.74) is 4.91. The molecule has 112 valence electrons. The first-order valence-corrected chi connectivity index (χ1v) is 7.91. The topological polar surface area (TPSA) is 12.0 Å². The molecule has 2 rings (SSSR count). The minimum absolute atomic E-state index is 0.129. The highest BCUT2D eigenvalue weighted by Crippen LogP contribution is 2.30. The highest BCUT2D eigenvalue weighted by atomic mass is 35.5. The van der Waals surface area contributed by atoms with Gasteiger partial charge in [0.05, 0.1) is 6.04 Å². The fraction of sp³-hybridized carbons (Fsp3) is 0.368. The molecule has 0 aliphatic carbocycles. The van der Waals surface area contributed by atoms with Crippen molar-refractivity contribution in [2.24, 2.45) is 5.92 Å². The molecule has 1 N–H and O–H groups in total. The molecule has 1 unspecified atom stereocenters. The molecule has 0 saturated carbocycles. The van der Waals surface area contributed by atoms with E-state index < -0.39 is 0 Å². The molecule has 0 spiro atoms. The van der Waals surface area contributed by atoms with E-state index in [9.17, 15) is 0 Å². The number of nitrogens with one attached hydrogen (secondary N) is 1. The minimum atomic E-state index is 0.129. The highest BCUT2D eigenvalue weighted by molar-refractivity contribution is 6.32. The molecular formula is C19H24ClN. The van der Waals surface area contributed by atoms with Gasteiger partial charge in [0.15, 0.2) is 0 Å². The Bertz CT molecular complexity index is 604. The van der Waals surface area contributed by atoms with Crippen molar-refractivity contribution >= 4 is 11.6 Å². The van der Waals surface area contributed by atoms with Gasteiger partial charge in [-0.1, -0.05) is 67.9 Å². The first-order chi connectivity index (χ1) is 10.0. The minimum Gasteiger partial charge on any atom is -0.309 e. The molecule has 21 heavy (non-hydrogen) atoms. The monoisotopic (exact) mass is 301 g/mol. The predicted octanol–water partition coefficient (Wildman–Crippen LogP) is 5.16. The maximum atomic E-state index is 6.50. The standard InChI is InChI=1S/C19H24ClN/c1-13(2)11-15-8-6-9-16(12-15)19(21-4)17-10-5-7-14(3)18(17)20/h5-10,12-13,19,21H,11H2,1-4H3. The number of benzene rings is 2. The Hall–Kier alpha value is -1.31. The van der Waals surface area contributed by atoms with Crippen LogP contribution in [0, 0.1) is 12.8 Å². The van der Waals surface area contributed by atoms with Crippen molar-refractivity contribution in [3.05, 3.63) is 69.7 Å². The number of hydrogen-bond acceptors (Lipinski definition) is 1. The molecule has 1 atom stereocenters.